The van der Waals surface area contributed by atoms with E-state index in [1.807, 2.05) is 12.1 Å². The number of likely N-dealkylation sites (tertiary alicyclic amines) is 1. The maximum Gasteiger partial charge on any atom is 0.115 e. The topological polar surface area (TPSA) is 35.9 Å². The van der Waals surface area contributed by atoms with Crippen LogP contribution in [0.3, 0.4) is 0 Å². The average Bonchev–Trinajstić information content (AvgIpc) is 2.70. The second-order valence-corrected chi connectivity index (χ2v) is 7.55. The minimum atomic E-state index is 0.0170. The second kappa shape index (κ2) is 7.68. The number of benzene rings is 2. The Morgan fingerprint density at radius 3 is 2.38 bits per heavy atom. The number of nitrogens with zero attached hydrogens (tertiary/aromatic N) is 2. The van der Waals surface area contributed by atoms with Gasteiger partial charge in [0, 0.05) is 38.4 Å². The largest absolute Gasteiger partial charge is 0.508 e. The molecule has 1 spiro atoms. The lowest BCUT2D eigenvalue weighted by Crippen LogP contribution is -2.57. The van der Waals surface area contributed by atoms with E-state index in [1.165, 1.54) is 11.3 Å². The zero-order valence-corrected chi connectivity index (χ0v) is 15.3. The maximum absolute atomic E-state index is 9.39. The summed E-state index contributed by atoms with van der Waals surface area (Å²) >= 11 is 0. The molecule has 0 saturated carbocycles. The number of anilines is 1. The fourth-order valence-electron chi connectivity index (χ4n) is 4.14. The van der Waals surface area contributed by atoms with Crippen molar-refractivity contribution >= 4 is 5.69 Å². The van der Waals surface area contributed by atoms with Gasteiger partial charge in [0.15, 0.2) is 0 Å². The highest BCUT2D eigenvalue weighted by Gasteiger charge is 2.39. The van der Waals surface area contributed by atoms with Crippen molar-refractivity contribution in [2.24, 2.45) is 0 Å². The van der Waals surface area contributed by atoms with E-state index in [1.54, 1.807) is 12.1 Å². The Kier molecular flexibility index (Phi) is 5.14. The molecule has 0 atom stereocenters. The van der Waals surface area contributed by atoms with Crippen LogP contribution in [0.2, 0.25) is 0 Å². The molecule has 4 rings (SSSR count). The Morgan fingerprint density at radius 2 is 1.65 bits per heavy atom. The lowest BCUT2D eigenvalue weighted by Gasteiger charge is -2.48. The van der Waals surface area contributed by atoms with Crippen LogP contribution in [0.15, 0.2) is 54.6 Å². The zero-order valence-electron chi connectivity index (χ0n) is 15.3. The summed E-state index contributed by atoms with van der Waals surface area (Å²) in [5, 5.41) is 9.39. The Hall–Kier alpha value is -2.04. The maximum atomic E-state index is 9.39. The molecule has 138 valence electrons. The first-order valence-corrected chi connectivity index (χ1v) is 9.67. The Bertz CT molecular complexity index is 694. The Balaban J connectivity index is 1.30. The molecule has 2 aliphatic heterocycles. The standard InChI is InChI=1S/C22H28N2O2/c25-21-8-6-19(7-9-21)10-13-23-14-11-22(12-15-23)18-24(16-17-26-22)20-4-2-1-3-5-20/h1-9,25H,10-18H2. The fourth-order valence-corrected chi connectivity index (χ4v) is 4.14. The van der Waals surface area contributed by atoms with Crippen LogP contribution in [0.5, 0.6) is 5.75 Å². The van der Waals surface area contributed by atoms with E-state index in [-0.39, 0.29) is 5.60 Å². The molecular formula is C22H28N2O2. The van der Waals surface area contributed by atoms with Crippen molar-refractivity contribution in [2.45, 2.75) is 24.9 Å². The number of phenols is 1. The third-order valence-electron chi connectivity index (χ3n) is 5.79. The van der Waals surface area contributed by atoms with E-state index < -0.39 is 0 Å². The highest BCUT2D eigenvalue weighted by atomic mass is 16.5. The minimum absolute atomic E-state index is 0.0170. The van der Waals surface area contributed by atoms with E-state index in [9.17, 15) is 5.11 Å². The highest BCUT2D eigenvalue weighted by molar-refractivity contribution is 5.46. The molecule has 4 heteroatoms. The van der Waals surface area contributed by atoms with Crippen LogP contribution >= 0.6 is 0 Å². The van der Waals surface area contributed by atoms with Crippen LogP contribution in [-0.4, -0.2) is 54.9 Å². The quantitative estimate of drug-likeness (QED) is 0.916. The summed E-state index contributed by atoms with van der Waals surface area (Å²) in [4.78, 5) is 5.03. The van der Waals surface area contributed by atoms with E-state index in [0.717, 1.165) is 58.6 Å². The van der Waals surface area contributed by atoms with Crippen LogP contribution in [0, 0.1) is 0 Å². The molecule has 2 heterocycles. The predicted molar refractivity (Wildman–Crippen MR) is 105 cm³/mol. The van der Waals surface area contributed by atoms with E-state index >= 15 is 0 Å². The van der Waals surface area contributed by atoms with Crippen molar-refractivity contribution in [1.82, 2.24) is 4.90 Å². The van der Waals surface area contributed by atoms with Crippen molar-refractivity contribution in [3.8, 4) is 5.75 Å². The molecule has 2 saturated heterocycles. The number of para-hydroxylation sites is 1. The summed E-state index contributed by atoms with van der Waals surface area (Å²) in [6.45, 7) is 6.08. The molecule has 2 aromatic rings. The van der Waals surface area contributed by atoms with Gasteiger partial charge in [0.1, 0.15) is 5.75 Å². The lowest BCUT2D eigenvalue weighted by atomic mass is 9.89. The zero-order chi connectivity index (χ0) is 17.8. The molecule has 0 bridgehead atoms. The summed E-state index contributed by atoms with van der Waals surface area (Å²) in [6.07, 6.45) is 3.24. The molecule has 0 unspecified atom stereocenters. The minimum Gasteiger partial charge on any atom is -0.508 e. The molecule has 4 nitrogen and oxygen atoms in total. The molecule has 1 N–H and O–H groups in total. The van der Waals surface area contributed by atoms with Crippen molar-refractivity contribution in [3.05, 3.63) is 60.2 Å². The number of aromatic hydroxyl groups is 1. The normalized spacial score (nSPS) is 20.4. The predicted octanol–water partition coefficient (Wildman–Crippen LogP) is 3.31. The van der Waals surface area contributed by atoms with Crippen LogP contribution in [0.1, 0.15) is 18.4 Å². The summed E-state index contributed by atoms with van der Waals surface area (Å²) < 4.78 is 6.29. The number of phenolic OH excluding ortho intramolecular Hbond substituents is 1. The monoisotopic (exact) mass is 352 g/mol. The van der Waals surface area contributed by atoms with Gasteiger partial charge in [-0.3, -0.25) is 0 Å². The highest BCUT2D eigenvalue weighted by Crippen LogP contribution is 2.32. The molecule has 0 amide bonds. The molecule has 0 radical (unpaired) electrons. The molecule has 2 aliphatic rings. The summed E-state index contributed by atoms with van der Waals surface area (Å²) in [7, 11) is 0. The van der Waals surface area contributed by atoms with Gasteiger partial charge in [-0.2, -0.15) is 0 Å². The van der Waals surface area contributed by atoms with Gasteiger partial charge >= 0.3 is 0 Å². The third-order valence-corrected chi connectivity index (χ3v) is 5.79. The molecular weight excluding hydrogens is 324 g/mol. The summed E-state index contributed by atoms with van der Waals surface area (Å²) in [5.74, 6) is 0.339. The molecule has 0 aliphatic carbocycles. The van der Waals surface area contributed by atoms with E-state index in [4.69, 9.17) is 4.74 Å². The van der Waals surface area contributed by atoms with Gasteiger partial charge in [-0.15, -0.1) is 0 Å². The van der Waals surface area contributed by atoms with Gasteiger partial charge < -0.3 is 19.6 Å². The first-order valence-electron chi connectivity index (χ1n) is 9.67. The first-order chi connectivity index (χ1) is 12.7. The first kappa shape index (κ1) is 17.4. The molecule has 0 aromatic heterocycles. The number of rotatable bonds is 4. The number of morpholine rings is 1. The molecule has 26 heavy (non-hydrogen) atoms. The Labute approximate surface area is 156 Å². The van der Waals surface area contributed by atoms with Gasteiger partial charge in [0.2, 0.25) is 0 Å². The molecule has 2 fully saturated rings. The number of piperidine rings is 1. The van der Waals surface area contributed by atoms with Crippen molar-refractivity contribution < 1.29 is 9.84 Å². The van der Waals surface area contributed by atoms with Crippen LogP contribution < -0.4 is 4.90 Å². The van der Waals surface area contributed by atoms with E-state index in [0.29, 0.717) is 5.75 Å². The van der Waals surface area contributed by atoms with Gasteiger partial charge in [0.05, 0.1) is 12.2 Å². The van der Waals surface area contributed by atoms with E-state index in [2.05, 4.69) is 40.1 Å². The number of ether oxygens (including phenoxy) is 1. The Morgan fingerprint density at radius 1 is 0.923 bits per heavy atom. The van der Waals surface area contributed by atoms with Crippen LogP contribution in [-0.2, 0) is 11.2 Å². The van der Waals surface area contributed by atoms with Crippen LogP contribution in [0.25, 0.3) is 0 Å². The lowest BCUT2D eigenvalue weighted by molar-refractivity contribution is -0.0909. The summed E-state index contributed by atoms with van der Waals surface area (Å²) in [6, 6.07) is 18.3. The summed E-state index contributed by atoms with van der Waals surface area (Å²) in [5.41, 5.74) is 2.61. The van der Waals surface area contributed by atoms with Crippen molar-refractivity contribution in [3.63, 3.8) is 0 Å². The number of hydrogen-bond acceptors (Lipinski definition) is 4. The van der Waals surface area contributed by atoms with Crippen molar-refractivity contribution in [2.75, 3.05) is 44.2 Å². The second-order valence-electron chi connectivity index (χ2n) is 7.55. The smallest absolute Gasteiger partial charge is 0.115 e. The molecule has 2 aromatic carbocycles. The average molecular weight is 352 g/mol. The van der Waals surface area contributed by atoms with Crippen LogP contribution in [0.4, 0.5) is 5.69 Å². The third kappa shape index (κ3) is 4.02. The van der Waals surface area contributed by atoms with Gasteiger partial charge in [-0.1, -0.05) is 30.3 Å². The number of hydrogen-bond donors (Lipinski definition) is 1. The van der Waals surface area contributed by atoms with Crippen molar-refractivity contribution in [1.29, 1.82) is 0 Å². The van der Waals surface area contributed by atoms with Gasteiger partial charge in [0.25, 0.3) is 0 Å². The van der Waals surface area contributed by atoms with Gasteiger partial charge in [-0.05, 0) is 49.1 Å². The SMILES string of the molecule is Oc1ccc(CCN2CCC3(CC2)CN(c2ccccc2)CCO3)cc1. The van der Waals surface area contributed by atoms with Gasteiger partial charge in [-0.25, -0.2) is 0 Å². The fraction of sp³-hybridized carbons (Fsp3) is 0.455.